The van der Waals surface area contributed by atoms with Crippen molar-refractivity contribution in [3.63, 3.8) is 0 Å². The van der Waals surface area contributed by atoms with Crippen LogP contribution in [0.5, 0.6) is 5.75 Å². The van der Waals surface area contributed by atoms with E-state index in [2.05, 4.69) is 14.9 Å². The fraction of sp³-hybridized carbons (Fsp3) is 0.211. The standard InChI is InChI=1S/C19H17F3N4O2S/c20-14-7-3-12(4-8-14)16(27)2-1-11-29-19-25-24-17(26(19)23)13-5-9-15(10-6-13)28-18(21)22/h3-10,18H,1-2,11,23H2. The summed E-state index contributed by atoms with van der Waals surface area (Å²) in [5.74, 6) is 6.57. The van der Waals surface area contributed by atoms with E-state index in [1.807, 2.05) is 0 Å². The molecule has 6 nitrogen and oxygen atoms in total. The molecule has 0 unspecified atom stereocenters. The summed E-state index contributed by atoms with van der Waals surface area (Å²) in [6, 6.07) is 11.3. The molecule has 3 rings (SSSR count). The van der Waals surface area contributed by atoms with Crippen molar-refractivity contribution in [2.45, 2.75) is 24.6 Å². The minimum absolute atomic E-state index is 0.0345. The molecule has 0 amide bonds. The lowest BCUT2D eigenvalue weighted by atomic mass is 10.1. The maximum atomic E-state index is 12.9. The number of nitrogens with zero attached hydrogens (tertiary/aromatic N) is 3. The second-order valence-corrected chi connectivity index (χ2v) is 7.02. The Hall–Kier alpha value is -3.01. The fourth-order valence-corrected chi connectivity index (χ4v) is 3.33. The van der Waals surface area contributed by atoms with E-state index in [-0.39, 0.29) is 17.3 Å². The molecule has 2 N–H and O–H groups in total. The molecule has 0 saturated carbocycles. The Labute approximate surface area is 168 Å². The minimum atomic E-state index is -2.89. The molecule has 0 spiro atoms. The van der Waals surface area contributed by atoms with Crippen molar-refractivity contribution in [2.75, 3.05) is 11.6 Å². The largest absolute Gasteiger partial charge is 0.435 e. The predicted molar refractivity (Wildman–Crippen MR) is 103 cm³/mol. The topological polar surface area (TPSA) is 83.0 Å². The zero-order valence-electron chi connectivity index (χ0n) is 15.1. The SMILES string of the molecule is Nn1c(SCCCC(=O)c2ccc(F)cc2)nnc1-c1ccc(OC(F)F)cc1. The van der Waals surface area contributed by atoms with E-state index >= 15 is 0 Å². The summed E-state index contributed by atoms with van der Waals surface area (Å²) < 4.78 is 42.9. The lowest BCUT2D eigenvalue weighted by Crippen LogP contribution is -2.11. The normalized spacial score (nSPS) is 11.0. The van der Waals surface area contributed by atoms with Gasteiger partial charge < -0.3 is 10.6 Å². The van der Waals surface area contributed by atoms with Gasteiger partial charge in [-0.1, -0.05) is 11.8 Å². The number of hydrogen-bond donors (Lipinski definition) is 1. The van der Waals surface area contributed by atoms with Gasteiger partial charge in [0.1, 0.15) is 11.6 Å². The van der Waals surface area contributed by atoms with Gasteiger partial charge in [-0.3, -0.25) is 4.79 Å². The number of halogens is 3. The number of carbonyl (C=O) groups is 1. The number of rotatable bonds is 9. The lowest BCUT2D eigenvalue weighted by molar-refractivity contribution is -0.0498. The van der Waals surface area contributed by atoms with Crippen molar-refractivity contribution in [1.29, 1.82) is 0 Å². The number of nitrogen functional groups attached to an aromatic ring is 1. The second kappa shape index (κ2) is 9.46. The van der Waals surface area contributed by atoms with Crippen LogP contribution in [-0.2, 0) is 0 Å². The molecule has 10 heteroatoms. The molecule has 0 radical (unpaired) electrons. The zero-order valence-corrected chi connectivity index (χ0v) is 15.9. The summed E-state index contributed by atoms with van der Waals surface area (Å²) in [5.41, 5.74) is 1.07. The van der Waals surface area contributed by atoms with Gasteiger partial charge in [-0.25, -0.2) is 9.07 Å². The summed E-state index contributed by atoms with van der Waals surface area (Å²) in [6.07, 6.45) is 0.901. The van der Waals surface area contributed by atoms with E-state index in [9.17, 15) is 18.0 Å². The summed E-state index contributed by atoms with van der Waals surface area (Å²) in [7, 11) is 0. The summed E-state index contributed by atoms with van der Waals surface area (Å²) in [5, 5.41) is 8.50. The number of aromatic nitrogens is 3. The average molecular weight is 422 g/mol. The van der Waals surface area contributed by atoms with Crippen molar-refractivity contribution in [3.05, 3.63) is 59.9 Å². The lowest BCUT2D eigenvalue weighted by Gasteiger charge is -2.06. The molecule has 0 saturated heterocycles. The Kier molecular flexibility index (Phi) is 6.76. The third-order valence-corrected chi connectivity index (χ3v) is 4.98. The van der Waals surface area contributed by atoms with Crippen LogP contribution in [0, 0.1) is 5.82 Å². The van der Waals surface area contributed by atoms with E-state index in [4.69, 9.17) is 5.84 Å². The summed E-state index contributed by atoms with van der Waals surface area (Å²) in [6.45, 7) is -2.89. The van der Waals surface area contributed by atoms with Crippen molar-refractivity contribution in [3.8, 4) is 17.1 Å². The number of nitrogens with two attached hydrogens (primary N) is 1. The maximum Gasteiger partial charge on any atom is 0.387 e. The van der Waals surface area contributed by atoms with Crippen molar-refractivity contribution >= 4 is 17.5 Å². The van der Waals surface area contributed by atoms with Gasteiger partial charge in [0.15, 0.2) is 11.6 Å². The number of thioether (sulfide) groups is 1. The summed E-state index contributed by atoms with van der Waals surface area (Å²) >= 11 is 1.34. The van der Waals surface area contributed by atoms with Crippen molar-refractivity contribution < 1.29 is 22.7 Å². The Morgan fingerprint density at radius 3 is 2.45 bits per heavy atom. The third kappa shape index (κ3) is 5.50. The molecule has 152 valence electrons. The first-order valence-electron chi connectivity index (χ1n) is 8.61. The van der Waals surface area contributed by atoms with Crippen LogP contribution in [0.25, 0.3) is 11.4 Å². The first-order chi connectivity index (χ1) is 13.9. The van der Waals surface area contributed by atoms with E-state index in [1.165, 1.54) is 52.8 Å². The molecule has 0 aliphatic rings. The van der Waals surface area contributed by atoms with Crippen molar-refractivity contribution in [2.24, 2.45) is 0 Å². The number of hydrogen-bond acceptors (Lipinski definition) is 6. The molecule has 0 fully saturated rings. The Morgan fingerprint density at radius 2 is 1.79 bits per heavy atom. The molecule has 0 bridgehead atoms. The number of carbonyl (C=O) groups excluding carboxylic acids is 1. The van der Waals surface area contributed by atoms with E-state index in [0.29, 0.717) is 40.7 Å². The van der Waals surface area contributed by atoms with Crippen LogP contribution >= 0.6 is 11.8 Å². The number of Topliss-reactive ketones (excluding diaryl/α,β-unsaturated/α-hetero) is 1. The highest BCUT2D eigenvalue weighted by Crippen LogP contribution is 2.25. The van der Waals surface area contributed by atoms with Crippen LogP contribution in [-0.4, -0.2) is 33.0 Å². The van der Waals surface area contributed by atoms with Gasteiger partial charge in [-0.2, -0.15) is 8.78 Å². The van der Waals surface area contributed by atoms with E-state index in [0.717, 1.165) is 0 Å². The molecule has 0 atom stereocenters. The van der Waals surface area contributed by atoms with Crippen LogP contribution in [0.3, 0.4) is 0 Å². The first-order valence-corrected chi connectivity index (χ1v) is 9.60. The van der Waals surface area contributed by atoms with Gasteiger partial charge in [0.2, 0.25) is 5.16 Å². The molecular weight excluding hydrogens is 405 g/mol. The Bertz CT molecular complexity index is 963. The highest BCUT2D eigenvalue weighted by Gasteiger charge is 2.13. The van der Waals surface area contributed by atoms with E-state index in [1.54, 1.807) is 12.1 Å². The predicted octanol–water partition coefficient (Wildman–Crippen LogP) is 4.15. The number of benzene rings is 2. The number of alkyl halides is 2. The van der Waals surface area contributed by atoms with Gasteiger partial charge in [0.25, 0.3) is 0 Å². The zero-order chi connectivity index (χ0) is 20.8. The fourth-order valence-electron chi connectivity index (χ4n) is 2.53. The smallest absolute Gasteiger partial charge is 0.387 e. The molecule has 0 aliphatic carbocycles. The van der Waals surface area contributed by atoms with Crippen LogP contribution < -0.4 is 10.6 Å². The number of ether oxygens (including phenoxy) is 1. The average Bonchev–Trinajstić information content (AvgIpc) is 3.06. The van der Waals surface area contributed by atoms with Crippen LogP contribution in [0.2, 0.25) is 0 Å². The quantitative estimate of drug-likeness (QED) is 0.241. The Morgan fingerprint density at radius 1 is 1.10 bits per heavy atom. The van der Waals surface area contributed by atoms with Gasteiger partial charge in [0, 0.05) is 23.3 Å². The van der Waals surface area contributed by atoms with E-state index < -0.39 is 6.61 Å². The molecular formula is C19H17F3N4O2S. The highest BCUT2D eigenvalue weighted by atomic mass is 32.2. The molecule has 29 heavy (non-hydrogen) atoms. The van der Waals surface area contributed by atoms with Gasteiger partial charge in [0.05, 0.1) is 0 Å². The minimum Gasteiger partial charge on any atom is -0.435 e. The Balaban J connectivity index is 1.53. The molecule has 1 aromatic heterocycles. The molecule has 3 aromatic rings. The van der Waals surface area contributed by atoms with Crippen LogP contribution in [0.4, 0.5) is 13.2 Å². The van der Waals surface area contributed by atoms with Crippen molar-refractivity contribution in [1.82, 2.24) is 14.9 Å². The molecule has 0 aliphatic heterocycles. The maximum absolute atomic E-state index is 12.9. The van der Waals surface area contributed by atoms with Crippen LogP contribution in [0.1, 0.15) is 23.2 Å². The van der Waals surface area contributed by atoms with Gasteiger partial charge in [-0.05, 0) is 55.0 Å². The first kappa shape index (κ1) is 20.7. The third-order valence-electron chi connectivity index (χ3n) is 3.95. The van der Waals surface area contributed by atoms with Gasteiger partial charge in [-0.15, -0.1) is 10.2 Å². The van der Waals surface area contributed by atoms with Gasteiger partial charge >= 0.3 is 6.61 Å². The molecule has 1 heterocycles. The highest BCUT2D eigenvalue weighted by molar-refractivity contribution is 7.99. The molecule has 2 aromatic carbocycles. The summed E-state index contributed by atoms with van der Waals surface area (Å²) in [4.78, 5) is 12.1. The monoisotopic (exact) mass is 422 g/mol. The number of ketones is 1. The van der Waals surface area contributed by atoms with Crippen LogP contribution in [0.15, 0.2) is 53.7 Å². The second-order valence-electron chi connectivity index (χ2n) is 5.96.